The summed E-state index contributed by atoms with van der Waals surface area (Å²) in [6, 6.07) is 0. The molecule has 0 saturated heterocycles. The SMILES string of the molecule is C=CC(F)=CCl. The monoisotopic (exact) mass is 106 g/mol. The second-order valence-electron chi connectivity index (χ2n) is 0.698. The van der Waals surface area contributed by atoms with Crippen molar-refractivity contribution in [2.45, 2.75) is 0 Å². The third-order valence-electron chi connectivity index (χ3n) is 0.299. The van der Waals surface area contributed by atoms with Crippen LogP contribution in [0.1, 0.15) is 0 Å². The Balaban J connectivity index is 3.50. The van der Waals surface area contributed by atoms with Crippen LogP contribution in [0.15, 0.2) is 24.0 Å². The van der Waals surface area contributed by atoms with E-state index in [1.165, 1.54) is 0 Å². The Morgan fingerprint density at radius 1 is 1.83 bits per heavy atom. The molecule has 0 amide bonds. The van der Waals surface area contributed by atoms with Crippen LogP contribution in [-0.2, 0) is 0 Å². The van der Waals surface area contributed by atoms with Gasteiger partial charge in [-0.15, -0.1) is 0 Å². The first-order valence-corrected chi connectivity index (χ1v) is 1.83. The molecule has 0 nitrogen and oxygen atoms in total. The van der Waals surface area contributed by atoms with E-state index in [9.17, 15) is 4.39 Å². The fourth-order valence-corrected chi connectivity index (χ4v) is 0.134. The van der Waals surface area contributed by atoms with E-state index in [2.05, 4.69) is 6.58 Å². The molecule has 0 aliphatic heterocycles. The fourth-order valence-electron chi connectivity index (χ4n) is 0.0445. The molecule has 0 N–H and O–H groups in total. The third-order valence-corrected chi connectivity index (χ3v) is 0.508. The van der Waals surface area contributed by atoms with Crippen molar-refractivity contribution in [1.29, 1.82) is 0 Å². The van der Waals surface area contributed by atoms with E-state index < -0.39 is 5.83 Å². The Morgan fingerprint density at radius 2 is 2.33 bits per heavy atom. The number of halogens is 2. The molecule has 2 heteroatoms. The molecular formula is C4H4ClF. The fraction of sp³-hybridized carbons (Fsp3) is 0. The lowest BCUT2D eigenvalue weighted by molar-refractivity contribution is 0.670. The Bertz CT molecular complexity index is 75.6. The molecule has 0 radical (unpaired) electrons. The van der Waals surface area contributed by atoms with Gasteiger partial charge in [0.25, 0.3) is 0 Å². The van der Waals surface area contributed by atoms with Gasteiger partial charge in [-0.25, -0.2) is 4.39 Å². The van der Waals surface area contributed by atoms with Gasteiger partial charge in [0, 0.05) is 5.54 Å². The predicted molar refractivity (Wildman–Crippen MR) is 25.2 cm³/mol. The Labute approximate surface area is 40.9 Å². The molecule has 0 atom stereocenters. The van der Waals surface area contributed by atoms with Crippen LogP contribution in [0, 0.1) is 0 Å². The van der Waals surface area contributed by atoms with Crippen LogP contribution in [0.25, 0.3) is 0 Å². The van der Waals surface area contributed by atoms with Gasteiger partial charge in [0.2, 0.25) is 0 Å². The van der Waals surface area contributed by atoms with Crippen LogP contribution in [0.5, 0.6) is 0 Å². The predicted octanol–water partition coefficient (Wildman–Crippen LogP) is 2.22. The molecule has 0 aliphatic rings. The van der Waals surface area contributed by atoms with Crippen LogP contribution in [-0.4, -0.2) is 0 Å². The van der Waals surface area contributed by atoms with E-state index in [1.807, 2.05) is 0 Å². The molecule has 0 aromatic rings. The van der Waals surface area contributed by atoms with Crippen molar-refractivity contribution in [3.05, 3.63) is 24.0 Å². The molecule has 6 heavy (non-hydrogen) atoms. The zero-order chi connectivity index (χ0) is 4.99. The summed E-state index contributed by atoms with van der Waals surface area (Å²) in [6.45, 7) is 3.10. The molecule has 0 aromatic heterocycles. The van der Waals surface area contributed by atoms with Crippen molar-refractivity contribution < 1.29 is 4.39 Å². The summed E-state index contributed by atoms with van der Waals surface area (Å²) in [6.07, 6.45) is 1.03. The van der Waals surface area contributed by atoms with E-state index in [4.69, 9.17) is 11.6 Å². The summed E-state index contributed by atoms with van der Waals surface area (Å²) in [5.41, 5.74) is 0.826. The zero-order valence-corrected chi connectivity index (χ0v) is 3.87. The van der Waals surface area contributed by atoms with Gasteiger partial charge in [0.1, 0.15) is 5.83 Å². The number of hydrogen-bond acceptors (Lipinski definition) is 0. The van der Waals surface area contributed by atoms with Crippen molar-refractivity contribution in [3.63, 3.8) is 0 Å². The van der Waals surface area contributed by atoms with E-state index in [1.54, 1.807) is 0 Å². The lowest BCUT2D eigenvalue weighted by Crippen LogP contribution is -1.51. The normalized spacial score (nSPS) is 11.3. The van der Waals surface area contributed by atoms with Gasteiger partial charge in [0.15, 0.2) is 0 Å². The molecular weight excluding hydrogens is 102 g/mol. The standard InChI is InChI=1S/C4H4ClF/c1-2-4(6)3-5/h2-3H,1H2. The second-order valence-corrected chi connectivity index (χ2v) is 0.916. The highest BCUT2D eigenvalue weighted by molar-refractivity contribution is 6.25. The third kappa shape index (κ3) is 1.97. The van der Waals surface area contributed by atoms with Crippen LogP contribution in [0.4, 0.5) is 4.39 Å². The van der Waals surface area contributed by atoms with E-state index in [0.717, 1.165) is 11.6 Å². The van der Waals surface area contributed by atoms with E-state index >= 15 is 0 Å². The quantitative estimate of drug-likeness (QED) is 0.450. The maximum Gasteiger partial charge on any atom is 0.133 e. The van der Waals surface area contributed by atoms with Crippen LogP contribution < -0.4 is 0 Å². The topological polar surface area (TPSA) is 0 Å². The van der Waals surface area contributed by atoms with Crippen molar-refractivity contribution in [3.8, 4) is 0 Å². The minimum atomic E-state index is -0.503. The van der Waals surface area contributed by atoms with Gasteiger partial charge >= 0.3 is 0 Å². The number of rotatable bonds is 1. The van der Waals surface area contributed by atoms with Gasteiger partial charge < -0.3 is 0 Å². The summed E-state index contributed by atoms with van der Waals surface area (Å²) < 4.78 is 11.5. The molecule has 0 aromatic carbocycles. The smallest absolute Gasteiger partial charge is 0.133 e. The molecule has 0 unspecified atom stereocenters. The highest BCUT2D eigenvalue weighted by Crippen LogP contribution is 1.96. The molecule has 0 fully saturated rings. The first-order chi connectivity index (χ1) is 2.81. The number of hydrogen-bond donors (Lipinski definition) is 0. The van der Waals surface area contributed by atoms with Crippen LogP contribution >= 0.6 is 11.6 Å². The summed E-state index contributed by atoms with van der Waals surface area (Å²) in [5, 5.41) is 0. The van der Waals surface area contributed by atoms with Gasteiger partial charge in [-0.2, -0.15) is 0 Å². The van der Waals surface area contributed by atoms with Gasteiger partial charge in [-0.05, 0) is 6.08 Å². The lowest BCUT2D eigenvalue weighted by Gasteiger charge is -1.71. The molecule has 0 aliphatic carbocycles. The Kier molecular flexibility index (Phi) is 2.77. The van der Waals surface area contributed by atoms with Crippen molar-refractivity contribution in [2.75, 3.05) is 0 Å². The minimum absolute atomic E-state index is 0.503. The lowest BCUT2D eigenvalue weighted by atomic mass is 10.6. The summed E-state index contributed by atoms with van der Waals surface area (Å²) >= 11 is 4.84. The molecule has 0 heterocycles. The maximum absolute atomic E-state index is 11.5. The second kappa shape index (κ2) is 2.91. The highest BCUT2D eigenvalue weighted by atomic mass is 35.5. The molecule has 0 rings (SSSR count). The molecule has 0 saturated carbocycles. The largest absolute Gasteiger partial charge is 0.206 e. The van der Waals surface area contributed by atoms with Crippen LogP contribution in [0.3, 0.4) is 0 Å². The molecule has 0 spiro atoms. The van der Waals surface area contributed by atoms with E-state index in [0.29, 0.717) is 0 Å². The van der Waals surface area contributed by atoms with Crippen LogP contribution in [0.2, 0.25) is 0 Å². The average Bonchev–Trinajstić information content (AvgIpc) is 1.65. The maximum atomic E-state index is 11.5. The zero-order valence-electron chi connectivity index (χ0n) is 3.12. The highest BCUT2D eigenvalue weighted by Gasteiger charge is 1.75. The Morgan fingerprint density at radius 3 is 2.33 bits per heavy atom. The van der Waals surface area contributed by atoms with Gasteiger partial charge in [-0.1, -0.05) is 18.2 Å². The average molecular weight is 107 g/mol. The van der Waals surface area contributed by atoms with Crippen molar-refractivity contribution in [1.82, 2.24) is 0 Å². The first-order valence-electron chi connectivity index (χ1n) is 1.39. The van der Waals surface area contributed by atoms with Gasteiger partial charge in [-0.3, -0.25) is 0 Å². The summed E-state index contributed by atoms with van der Waals surface area (Å²) in [7, 11) is 0. The molecule has 34 valence electrons. The van der Waals surface area contributed by atoms with Gasteiger partial charge in [0.05, 0.1) is 0 Å². The summed E-state index contributed by atoms with van der Waals surface area (Å²) in [5.74, 6) is -0.503. The Hall–Kier alpha value is -0.300. The number of allylic oxidation sites excluding steroid dienone is 2. The van der Waals surface area contributed by atoms with E-state index in [-0.39, 0.29) is 0 Å². The minimum Gasteiger partial charge on any atom is -0.206 e. The van der Waals surface area contributed by atoms with Crippen molar-refractivity contribution >= 4 is 11.6 Å². The summed E-state index contributed by atoms with van der Waals surface area (Å²) in [4.78, 5) is 0. The first kappa shape index (κ1) is 5.70. The van der Waals surface area contributed by atoms with Crippen molar-refractivity contribution in [2.24, 2.45) is 0 Å². The molecule has 0 bridgehead atoms.